The third kappa shape index (κ3) is 4.51. The van der Waals surface area contributed by atoms with E-state index in [2.05, 4.69) is 17.1 Å². The Labute approximate surface area is 101 Å². The fourth-order valence-electron chi connectivity index (χ4n) is 1.19. The highest BCUT2D eigenvalue weighted by molar-refractivity contribution is 5.95. The summed E-state index contributed by atoms with van der Waals surface area (Å²) in [6, 6.07) is 6.00. The van der Waals surface area contributed by atoms with Gasteiger partial charge in [0, 0.05) is 11.3 Å². The molecule has 2 N–H and O–H groups in total. The van der Waals surface area contributed by atoms with Crippen molar-refractivity contribution >= 4 is 11.6 Å². The van der Waals surface area contributed by atoms with Gasteiger partial charge in [0.2, 0.25) is 0 Å². The molecular formula is C13H16N2O2. The lowest BCUT2D eigenvalue weighted by Gasteiger charge is -2.02. The van der Waals surface area contributed by atoms with E-state index in [1.165, 1.54) is 12.1 Å². The van der Waals surface area contributed by atoms with Gasteiger partial charge in [0.25, 0.3) is 5.91 Å². The van der Waals surface area contributed by atoms with E-state index in [-0.39, 0.29) is 11.7 Å². The molecule has 1 rings (SSSR count). The number of aromatic hydroxyl groups is 1. The predicted octanol–water partition coefficient (Wildman–Crippen LogP) is 2.46. The average molecular weight is 232 g/mol. The number of allylic oxidation sites excluding steroid dienone is 1. The Morgan fingerprint density at radius 1 is 1.47 bits per heavy atom. The largest absolute Gasteiger partial charge is 0.508 e. The van der Waals surface area contributed by atoms with Crippen LogP contribution in [-0.2, 0) is 0 Å². The maximum absolute atomic E-state index is 11.6. The Morgan fingerprint density at radius 2 is 2.12 bits per heavy atom. The van der Waals surface area contributed by atoms with E-state index in [4.69, 9.17) is 5.11 Å². The molecular weight excluding hydrogens is 216 g/mol. The molecule has 17 heavy (non-hydrogen) atoms. The smallest absolute Gasteiger partial charge is 0.271 e. The number of hydrogen-bond acceptors (Lipinski definition) is 3. The minimum atomic E-state index is -0.289. The summed E-state index contributed by atoms with van der Waals surface area (Å²) in [6.07, 6.45) is 3.42. The van der Waals surface area contributed by atoms with E-state index < -0.39 is 0 Å². The topological polar surface area (TPSA) is 61.7 Å². The molecule has 0 radical (unpaired) electrons. The van der Waals surface area contributed by atoms with Crippen LogP contribution in [0, 0.1) is 0 Å². The number of hydrazone groups is 1. The second kappa shape index (κ2) is 6.48. The summed E-state index contributed by atoms with van der Waals surface area (Å²) >= 11 is 0. The van der Waals surface area contributed by atoms with Crippen molar-refractivity contribution in [1.82, 2.24) is 5.43 Å². The molecule has 4 nitrogen and oxygen atoms in total. The molecule has 0 saturated carbocycles. The summed E-state index contributed by atoms with van der Waals surface area (Å²) < 4.78 is 0. The number of phenols is 1. The molecule has 0 spiro atoms. The van der Waals surface area contributed by atoms with Crippen molar-refractivity contribution in [1.29, 1.82) is 0 Å². The van der Waals surface area contributed by atoms with E-state index in [9.17, 15) is 4.79 Å². The molecule has 4 heteroatoms. The number of carbonyl (C=O) groups is 1. The van der Waals surface area contributed by atoms with Gasteiger partial charge < -0.3 is 5.11 Å². The predicted molar refractivity (Wildman–Crippen MR) is 68.1 cm³/mol. The highest BCUT2D eigenvalue weighted by Crippen LogP contribution is 2.09. The zero-order valence-electron chi connectivity index (χ0n) is 9.81. The zero-order valence-corrected chi connectivity index (χ0v) is 9.81. The zero-order chi connectivity index (χ0) is 12.7. The van der Waals surface area contributed by atoms with Crippen molar-refractivity contribution in [3.05, 3.63) is 42.5 Å². The molecule has 0 unspecified atom stereocenters. The van der Waals surface area contributed by atoms with Gasteiger partial charge in [-0.05, 0) is 44.0 Å². The van der Waals surface area contributed by atoms with Crippen LogP contribution in [0.15, 0.2) is 42.0 Å². The fraction of sp³-hybridized carbons (Fsp3) is 0.231. The van der Waals surface area contributed by atoms with Crippen LogP contribution in [-0.4, -0.2) is 16.7 Å². The van der Waals surface area contributed by atoms with Crippen LogP contribution < -0.4 is 5.43 Å². The molecule has 1 aromatic carbocycles. The third-order valence-electron chi connectivity index (χ3n) is 2.19. The molecule has 0 aliphatic rings. The second-order valence-corrected chi connectivity index (χ2v) is 3.66. The van der Waals surface area contributed by atoms with Gasteiger partial charge in [-0.1, -0.05) is 6.08 Å². The molecule has 0 heterocycles. The Kier molecular flexibility index (Phi) is 4.94. The van der Waals surface area contributed by atoms with E-state index >= 15 is 0 Å². The van der Waals surface area contributed by atoms with Gasteiger partial charge in [0.1, 0.15) is 5.75 Å². The lowest BCUT2D eigenvalue weighted by atomic mass is 10.2. The van der Waals surface area contributed by atoms with Gasteiger partial charge in [0.05, 0.1) is 0 Å². The van der Waals surface area contributed by atoms with Crippen molar-refractivity contribution in [3.8, 4) is 5.75 Å². The summed E-state index contributed by atoms with van der Waals surface area (Å²) in [6.45, 7) is 5.47. The summed E-state index contributed by atoms with van der Waals surface area (Å²) in [5.41, 5.74) is 3.77. The lowest BCUT2D eigenvalue weighted by molar-refractivity contribution is 0.0954. The standard InChI is InChI=1S/C13H16N2O2/c1-3-4-5-10(2)14-15-13(17)11-6-8-12(16)9-7-11/h3,6-9,16H,1,4-5H2,2H3,(H,15,17). The van der Waals surface area contributed by atoms with Crippen LogP contribution in [0.2, 0.25) is 0 Å². The number of nitrogens with zero attached hydrogens (tertiary/aromatic N) is 1. The molecule has 0 bridgehead atoms. The van der Waals surface area contributed by atoms with Crippen molar-refractivity contribution in [2.75, 3.05) is 0 Å². The number of hydrogen-bond donors (Lipinski definition) is 2. The van der Waals surface area contributed by atoms with E-state index in [0.717, 1.165) is 18.6 Å². The summed E-state index contributed by atoms with van der Waals surface area (Å²) in [4.78, 5) is 11.6. The van der Waals surface area contributed by atoms with Gasteiger partial charge in [0.15, 0.2) is 0 Å². The lowest BCUT2D eigenvalue weighted by Crippen LogP contribution is -2.18. The SMILES string of the molecule is C=CCCC(C)=NNC(=O)c1ccc(O)cc1. The van der Waals surface area contributed by atoms with E-state index in [1.54, 1.807) is 18.2 Å². The molecule has 0 aliphatic heterocycles. The molecule has 0 saturated heterocycles. The summed E-state index contributed by atoms with van der Waals surface area (Å²) in [5, 5.41) is 13.1. The van der Waals surface area contributed by atoms with Crippen LogP contribution in [0.1, 0.15) is 30.1 Å². The molecule has 0 atom stereocenters. The number of carbonyl (C=O) groups excluding carboxylic acids is 1. The molecule has 90 valence electrons. The van der Waals surface area contributed by atoms with Crippen molar-refractivity contribution in [2.45, 2.75) is 19.8 Å². The van der Waals surface area contributed by atoms with Gasteiger partial charge >= 0.3 is 0 Å². The van der Waals surface area contributed by atoms with Gasteiger partial charge in [-0.3, -0.25) is 4.79 Å². The minimum absolute atomic E-state index is 0.132. The molecule has 0 fully saturated rings. The van der Waals surface area contributed by atoms with Crippen LogP contribution in [0.25, 0.3) is 0 Å². The van der Waals surface area contributed by atoms with Gasteiger partial charge in [-0.2, -0.15) is 5.10 Å². The molecule has 0 aliphatic carbocycles. The maximum Gasteiger partial charge on any atom is 0.271 e. The van der Waals surface area contributed by atoms with Crippen molar-refractivity contribution in [2.24, 2.45) is 5.10 Å². The first kappa shape index (κ1) is 13.0. The molecule has 1 amide bonds. The van der Waals surface area contributed by atoms with Gasteiger partial charge in [-0.15, -0.1) is 6.58 Å². The summed E-state index contributed by atoms with van der Waals surface area (Å²) in [7, 11) is 0. The highest BCUT2D eigenvalue weighted by atomic mass is 16.3. The summed E-state index contributed by atoms with van der Waals surface area (Å²) in [5.74, 6) is -0.157. The number of amides is 1. The molecule has 0 aromatic heterocycles. The van der Waals surface area contributed by atoms with E-state index in [1.807, 2.05) is 6.92 Å². The highest BCUT2D eigenvalue weighted by Gasteiger charge is 2.03. The van der Waals surface area contributed by atoms with Crippen LogP contribution in [0.4, 0.5) is 0 Å². The quantitative estimate of drug-likeness (QED) is 0.465. The number of nitrogens with one attached hydrogen (secondary N) is 1. The normalized spacial score (nSPS) is 11.0. The Balaban J connectivity index is 2.54. The second-order valence-electron chi connectivity index (χ2n) is 3.66. The molecule has 1 aromatic rings. The fourth-order valence-corrected chi connectivity index (χ4v) is 1.19. The number of rotatable bonds is 5. The Hall–Kier alpha value is -2.10. The van der Waals surface area contributed by atoms with E-state index in [0.29, 0.717) is 5.56 Å². The monoisotopic (exact) mass is 232 g/mol. The average Bonchev–Trinajstić information content (AvgIpc) is 2.34. The van der Waals surface area contributed by atoms with Crippen LogP contribution in [0.3, 0.4) is 0 Å². The first-order valence-electron chi connectivity index (χ1n) is 5.37. The number of phenolic OH excluding ortho intramolecular Hbond substituents is 1. The third-order valence-corrected chi connectivity index (χ3v) is 2.19. The van der Waals surface area contributed by atoms with Crippen LogP contribution in [0.5, 0.6) is 5.75 Å². The Bertz CT molecular complexity index is 422. The first-order chi connectivity index (χ1) is 8.13. The van der Waals surface area contributed by atoms with Crippen molar-refractivity contribution < 1.29 is 9.90 Å². The van der Waals surface area contributed by atoms with Crippen LogP contribution >= 0.6 is 0 Å². The van der Waals surface area contributed by atoms with Gasteiger partial charge in [-0.25, -0.2) is 5.43 Å². The number of benzene rings is 1. The Morgan fingerprint density at radius 3 is 2.71 bits per heavy atom. The minimum Gasteiger partial charge on any atom is -0.508 e. The first-order valence-corrected chi connectivity index (χ1v) is 5.37. The van der Waals surface area contributed by atoms with Crippen molar-refractivity contribution in [3.63, 3.8) is 0 Å². The maximum atomic E-state index is 11.6.